The second kappa shape index (κ2) is 5.92. The number of hydrogen-bond acceptors (Lipinski definition) is 4. The summed E-state index contributed by atoms with van der Waals surface area (Å²) >= 11 is 0. The standard InChI is InChI=1S/C15H9FN2O3/c16-12-3-1-2-11(8-12)14(9-17)15(19)10-4-6-13(7-5-10)18(20)21/h1-8,14H. The van der Waals surface area contributed by atoms with E-state index < -0.39 is 22.4 Å². The van der Waals surface area contributed by atoms with Crippen molar-refractivity contribution in [3.63, 3.8) is 0 Å². The molecule has 0 aliphatic rings. The van der Waals surface area contributed by atoms with E-state index in [1.54, 1.807) is 0 Å². The Balaban J connectivity index is 2.33. The molecular weight excluding hydrogens is 275 g/mol. The van der Waals surface area contributed by atoms with Crippen LogP contribution >= 0.6 is 0 Å². The number of nitro benzene ring substituents is 1. The Morgan fingerprint density at radius 1 is 1.24 bits per heavy atom. The van der Waals surface area contributed by atoms with Gasteiger partial charge >= 0.3 is 0 Å². The molecule has 6 heteroatoms. The molecule has 0 heterocycles. The smallest absolute Gasteiger partial charge is 0.269 e. The van der Waals surface area contributed by atoms with Crippen LogP contribution in [0.1, 0.15) is 21.8 Å². The first kappa shape index (κ1) is 14.3. The zero-order valence-electron chi connectivity index (χ0n) is 10.7. The van der Waals surface area contributed by atoms with E-state index in [9.17, 15) is 19.3 Å². The van der Waals surface area contributed by atoms with Crippen LogP contribution in [0.4, 0.5) is 10.1 Å². The Kier molecular flexibility index (Phi) is 4.05. The van der Waals surface area contributed by atoms with Crippen molar-refractivity contribution in [1.29, 1.82) is 5.26 Å². The highest BCUT2D eigenvalue weighted by Crippen LogP contribution is 2.22. The lowest BCUT2D eigenvalue weighted by Crippen LogP contribution is -2.11. The lowest BCUT2D eigenvalue weighted by atomic mass is 9.92. The Hall–Kier alpha value is -3.07. The number of carbonyl (C=O) groups is 1. The van der Waals surface area contributed by atoms with Gasteiger partial charge in [-0.2, -0.15) is 5.26 Å². The molecule has 0 aromatic heterocycles. The molecule has 2 aromatic carbocycles. The Bertz CT molecular complexity index is 735. The number of benzene rings is 2. The molecular formula is C15H9FN2O3. The summed E-state index contributed by atoms with van der Waals surface area (Å²) in [6.45, 7) is 0. The highest BCUT2D eigenvalue weighted by atomic mass is 19.1. The second-order valence-corrected chi connectivity index (χ2v) is 4.29. The SMILES string of the molecule is N#CC(C(=O)c1ccc([N+](=O)[O-])cc1)c1cccc(F)c1. The molecule has 0 N–H and O–H groups in total. The first-order valence-electron chi connectivity index (χ1n) is 5.96. The van der Waals surface area contributed by atoms with Crippen molar-refractivity contribution >= 4 is 11.5 Å². The number of ketones is 1. The molecule has 0 radical (unpaired) electrons. The Labute approximate surface area is 119 Å². The highest BCUT2D eigenvalue weighted by Gasteiger charge is 2.22. The molecule has 0 spiro atoms. The molecule has 5 nitrogen and oxygen atoms in total. The van der Waals surface area contributed by atoms with Crippen molar-refractivity contribution in [3.05, 3.63) is 75.6 Å². The van der Waals surface area contributed by atoms with Crippen LogP contribution in [0.25, 0.3) is 0 Å². The highest BCUT2D eigenvalue weighted by molar-refractivity contribution is 6.02. The number of carbonyl (C=O) groups excluding carboxylic acids is 1. The maximum Gasteiger partial charge on any atom is 0.269 e. The third-order valence-electron chi connectivity index (χ3n) is 2.94. The molecule has 1 unspecified atom stereocenters. The molecule has 0 aliphatic carbocycles. The van der Waals surface area contributed by atoms with Crippen LogP contribution < -0.4 is 0 Å². The van der Waals surface area contributed by atoms with Gasteiger partial charge in [0.2, 0.25) is 0 Å². The number of nitrogens with zero attached hydrogens (tertiary/aromatic N) is 2. The maximum atomic E-state index is 13.2. The maximum absolute atomic E-state index is 13.2. The third-order valence-corrected chi connectivity index (χ3v) is 2.94. The van der Waals surface area contributed by atoms with E-state index in [0.29, 0.717) is 0 Å². The zero-order chi connectivity index (χ0) is 15.4. The van der Waals surface area contributed by atoms with Crippen LogP contribution in [0.2, 0.25) is 0 Å². The summed E-state index contributed by atoms with van der Waals surface area (Å²) in [7, 11) is 0. The summed E-state index contributed by atoms with van der Waals surface area (Å²) in [6.07, 6.45) is 0. The topological polar surface area (TPSA) is 84.0 Å². The second-order valence-electron chi connectivity index (χ2n) is 4.29. The molecule has 0 fully saturated rings. The van der Waals surface area contributed by atoms with E-state index in [0.717, 1.165) is 6.07 Å². The van der Waals surface area contributed by atoms with Gasteiger partial charge in [0.1, 0.15) is 11.7 Å². The lowest BCUT2D eigenvalue weighted by molar-refractivity contribution is -0.384. The van der Waals surface area contributed by atoms with E-state index in [1.165, 1.54) is 42.5 Å². The van der Waals surface area contributed by atoms with Crippen LogP contribution in [0.5, 0.6) is 0 Å². The van der Waals surface area contributed by atoms with Crippen molar-refractivity contribution in [3.8, 4) is 6.07 Å². The van der Waals surface area contributed by atoms with E-state index in [4.69, 9.17) is 5.26 Å². The van der Waals surface area contributed by atoms with Gasteiger partial charge in [0, 0.05) is 17.7 Å². The van der Waals surface area contributed by atoms with Crippen LogP contribution in [0.3, 0.4) is 0 Å². The van der Waals surface area contributed by atoms with Crippen LogP contribution in [0, 0.1) is 27.3 Å². The average molecular weight is 284 g/mol. The van der Waals surface area contributed by atoms with Crippen LogP contribution in [-0.2, 0) is 0 Å². The number of halogens is 1. The van der Waals surface area contributed by atoms with Crippen molar-refractivity contribution in [1.82, 2.24) is 0 Å². The minimum atomic E-state index is -1.15. The van der Waals surface area contributed by atoms with Gasteiger partial charge in [-0.3, -0.25) is 14.9 Å². The molecule has 0 saturated heterocycles. The monoisotopic (exact) mass is 284 g/mol. The fourth-order valence-corrected chi connectivity index (χ4v) is 1.88. The van der Waals surface area contributed by atoms with Gasteiger partial charge < -0.3 is 0 Å². The van der Waals surface area contributed by atoms with Gasteiger partial charge in [0.15, 0.2) is 5.78 Å². The van der Waals surface area contributed by atoms with E-state index in [2.05, 4.69) is 0 Å². The van der Waals surface area contributed by atoms with Crippen molar-refractivity contribution in [2.75, 3.05) is 0 Å². The number of nitriles is 1. The Morgan fingerprint density at radius 2 is 1.90 bits per heavy atom. The first-order valence-corrected chi connectivity index (χ1v) is 5.96. The average Bonchev–Trinajstić information content (AvgIpc) is 2.48. The van der Waals surface area contributed by atoms with E-state index >= 15 is 0 Å². The summed E-state index contributed by atoms with van der Waals surface area (Å²) in [6, 6.07) is 12.0. The first-order chi connectivity index (χ1) is 10.0. The fourth-order valence-electron chi connectivity index (χ4n) is 1.88. The molecule has 0 bridgehead atoms. The van der Waals surface area contributed by atoms with Crippen molar-refractivity contribution < 1.29 is 14.1 Å². The molecule has 0 saturated carbocycles. The van der Waals surface area contributed by atoms with Gasteiger partial charge in [-0.15, -0.1) is 0 Å². The van der Waals surface area contributed by atoms with E-state index in [1.807, 2.05) is 6.07 Å². The lowest BCUT2D eigenvalue weighted by Gasteiger charge is -2.08. The van der Waals surface area contributed by atoms with Gasteiger partial charge in [-0.25, -0.2) is 4.39 Å². The quantitative estimate of drug-likeness (QED) is 0.490. The molecule has 21 heavy (non-hydrogen) atoms. The van der Waals surface area contributed by atoms with Crippen molar-refractivity contribution in [2.24, 2.45) is 0 Å². The Morgan fingerprint density at radius 3 is 2.43 bits per heavy atom. The molecule has 1 atom stereocenters. The van der Waals surface area contributed by atoms with Gasteiger partial charge in [0.25, 0.3) is 5.69 Å². The van der Waals surface area contributed by atoms with Crippen LogP contribution in [0.15, 0.2) is 48.5 Å². The molecule has 0 amide bonds. The van der Waals surface area contributed by atoms with Gasteiger partial charge in [0.05, 0.1) is 11.0 Å². The predicted molar refractivity (Wildman–Crippen MR) is 72.2 cm³/mol. The van der Waals surface area contributed by atoms with Gasteiger partial charge in [-0.05, 0) is 29.8 Å². The third kappa shape index (κ3) is 3.09. The summed E-state index contributed by atoms with van der Waals surface area (Å²) in [5.74, 6) is -2.22. The molecule has 2 aromatic rings. The summed E-state index contributed by atoms with van der Waals surface area (Å²) < 4.78 is 13.2. The predicted octanol–water partition coefficient (Wildman–Crippen LogP) is 3.22. The van der Waals surface area contributed by atoms with Crippen LogP contribution in [-0.4, -0.2) is 10.7 Å². The number of Topliss-reactive ketones (excluding diaryl/α,β-unsaturated/α-hetero) is 1. The molecule has 0 aliphatic heterocycles. The molecule has 2 rings (SSSR count). The summed E-state index contributed by atoms with van der Waals surface area (Å²) in [5.41, 5.74) is 0.267. The number of hydrogen-bond donors (Lipinski definition) is 0. The number of nitro groups is 1. The minimum Gasteiger partial charge on any atom is -0.292 e. The number of non-ortho nitro benzene ring substituents is 1. The summed E-state index contributed by atoms with van der Waals surface area (Å²) in [5, 5.41) is 19.7. The normalized spacial score (nSPS) is 11.4. The summed E-state index contributed by atoms with van der Waals surface area (Å²) in [4.78, 5) is 22.2. The van der Waals surface area contributed by atoms with Crippen molar-refractivity contribution in [2.45, 2.75) is 5.92 Å². The van der Waals surface area contributed by atoms with E-state index in [-0.39, 0.29) is 16.8 Å². The molecule has 104 valence electrons. The number of rotatable bonds is 4. The minimum absolute atomic E-state index is 0.147. The van der Waals surface area contributed by atoms with Gasteiger partial charge in [-0.1, -0.05) is 12.1 Å². The largest absolute Gasteiger partial charge is 0.292 e. The zero-order valence-corrected chi connectivity index (χ0v) is 10.7. The fraction of sp³-hybridized carbons (Fsp3) is 0.0667.